The molecule has 0 amide bonds. The van der Waals surface area contributed by atoms with E-state index in [1.54, 1.807) is 13.2 Å². The summed E-state index contributed by atoms with van der Waals surface area (Å²) >= 11 is 0. The second-order valence-corrected chi connectivity index (χ2v) is 5.86. The van der Waals surface area contributed by atoms with Gasteiger partial charge in [0.15, 0.2) is 0 Å². The third-order valence-corrected chi connectivity index (χ3v) is 3.16. The van der Waals surface area contributed by atoms with Crippen LogP contribution in [0.4, 0.5) is 5.69 Å². The molecule has 16 heavy (non-hydrogen) atoms. The monoisotopic (exact) mass is 241 g/mol. The summed E-state index contributed by atoms with van der Waals surface area (Å²) < 4.78 is 29.9. The Hall–Kier alpha value is -1.23. The van der Waals surface area contributed by atoms with E-state index < -0.39 is 10.0 Å². The summed E-state index contributed by atoms with van der Waals surface area (Å²) in [5.41, 5.74) is 1.71. The number of hydrogen-bond acceptors (Lipinski definition) is 3. The van der Waals surface area contributed by atoms with Crippen molar-refractivity contribution in [2.24, 2.45) is 0 Å². The van der Waals surface area contributed by atoms with Crippen LogP contribution in [0.15, 0.2) is 18.2 Å². The van der Waals surface area contributed by atoms with Crippen LogP contribution in [0.2, 0.25) is 0 Å². The molecular formula is C11H15NO3S. The molecule has 4 nitrogen and oxygen atoms in total. The van der Waals surface area contributed by atoms with Gasteiger partial charge in [0.1, 0.15) is 5.75 Å². The SMILES string of the molecule is COc1cc(C2CC2)ccc1NS(C)(=O)=O. The summed E-state index contributed by atoms with van der Waals surface area (Å²) in [5, 5.41) is 0. The van der Waals surface area contributed by atoms with E-state index in [4.69, 9.17) is 4.74 Å². The van der Waals surface area contributed by atoms with Crippen molar-refractivity contribution < 1.29 is 13.2 Å². The smallest absolute Gasteiger partial charge is 0.229 e. The summed E-state index contributed by atoms with van der Waals surface area (Å²) in [7, 11) is -1.72. The molecule has 1 aromatic carbocycles. The van der Waals surface area contributed by atoms with Gasteiger partial charge in [-0.3, -0.25) is 4.72 Å². The van der Waals surface area contributed by atoms with Gasteiger partial charge in [-0.25, -0.2) is 8.42 Å². The quantitative estimate of drug-likeness (QED) is 0.876. The van der Waals surface area contributed by atoms with Crippen LogP contribution in [-0.4, -0.2) is 21.8 Å². The molecule has 0 aromatic heterocycles. The van der Waals surface area contributed by atoms with Crippen LogP contribution in [0.3, 0.4) is 0 Å². The summed E-state index contributed by atoms with van der Waals surface area (Å²) in [4.78, 5) is 0. The first-order valence-corrected chi connectivity index (χ1v) is 7.04. The number of hydrogen-bond donors (Lipinski definition) is 1. The van der Waals surface area contributed by atoms with Crippen molar-refractivity contribution in [1.82, 2.24) is 0 Å². The Kier molecular flexibility index (Phi) is 2.80. The zero-order chi connectivity index (χ0) is 11.8. The average molecular weight is 241 g/mol. The molecule has 0 spiro atoms. The zero-order valence-corrected chi connectivity index (χ0v) is 10.2. The van der Waals surface area contributed by atoms with E-state index in [1.165, 1.54) is 18.4 Å². The number of ether oxygens (including phenoxy) is 1. The highest BCUT2D eigenvalue weighted by Gasteiger charge is 2.24. The summed E-state index contributed by atoms with van der Waals surface area (Å²) in [6.07, 6.45) is 3.55. The van der Waals surface area contributed by atoms with Crippen LogP contribution in [0.25, 0.3) is 0 Å². The van der Waals surface area contributed by atoms with Crippen molar-refractivity contribution in [1.29, 1.82) is 0 Å². The highest BCUT2D eigenvalue weighted by molar-refractivity contribution is 7.92. The first-order valence-electron chi connectivity index (χ1n) is 5.15. The fourth-order valence-electron chi connectivity index (χ4n) is 1.66. The molecular weight excluding hydrogens is 226 g/mol. The number of sulfonamides is 1. The predicted molar refractivity (Wildman–Crippen MR) is 63.4 cm³/mol. The van der Waals surface area contributed by atoms with Crippen LogP contribution in [0, 0.1) is 0 Å². The molecule has 1 aromatic rings. The van der Waals surface area contributed by atoms with E-state index in [0.29, 0.717) is 17.4 Å². The largest absolute Gasteiger partial charge is 0.495 e. The molecule has 1 saturated carbocycles. The van der Waals surface area contributed by atoms with E-state index in [0.717, 1.165) is 6.26 Å². The third kappa shape index (κ3) is 2.66. The van der Waals surface area contributed by atoms with Gasteiger partial charge in [-0.1, -0.05) is 6.07 Å². The van der Waals surface area contributed by atoms with Crippen molar-refractivity contribution in [2.45, 2.75) is 18.8 Å². The molecule has 0 unspecified atom stereocenters. The van der Waals surface area contributed by atoms with Crippen molar-refractivity contribution in [2.75, 3.05) is 18.1 Å². The van der Waals surface area contributed by atoms with Crippen LogP contribution in [-0.2, 0) is 10.0 Å². The Bertz CT molecular complexity index is 492. The second-order valence-electron chi connectivity index (χ2n) is 4.11. The first kappa shape index (κ1) is 11.3. The maximum atomic E-state index is 11.1. The van der Waals surface area contributed by atoms with E-state index in [1.807, 2.05) is 12.1 Å². The summed E-state index contributed by atoms with van der Waals surface area (Å²) in [5.74, 6) is 1.20. The van der Waals surface area contributed by atoms with E-state index in [9.17, 15) is 8.42 Å². The molecule has 1 aliphatic carbocycles. The average Bonchev–Trinajstić information content (AvgIpc) is 2.99. The summed E-state index contributed by atoms with van der Waals surface area (Å²) in [6.45, 7) is 0. The number of rotatable bonds is 4. The molecule has 88 valence electrons. The fourth-order valence-corrected chi connectivity index (χ4v) is 2.23. The maximum absolute atomic E-state index is 11.1. The minimum absolute atomic E-state index is 0.495. The van der Waals surface area contributed by atoms with Gasteiger partial charge in [0, 0.05) is 0 Å². The van der Waals surface area contributed by atoms with E-state index in [2.05, 4.69) is 4.72 Å². The Labute approximate surface area is 95.7 Å². The third-order valence-electron chi connectivity index (χ3n) is 2.57. The second kappa shape index (κ2) is 3.97. The van der Waals surface area contributed by atoms with Gasteiger partial charge < -0.3 is 4.74 Å². The van der Waals surface area contributed by atoms with Gasteiger partial charge in [0.25, 0.3) is 0 Å². The molecule has 0 bridgehead atoms. The molecule has 1 aliphatic rings. The minimum atomic E-state index is -3.26. The lowest BCUT2D eigenvalue weighted by Crippen LogP contribution is -2.10. The van der Waals surface area contributed by atoms with Crippen molar-refractivity contribution in [3.8, 4) is 5.75 Å². The van der Waals surface area contributed by atoms with Gasteiger partial charge in [-0.15, -0.1) is 0 Å². The number of methoxy groups -OCH3 is 1. The maximum Gasteiger partial charge on any atom is 0.229 e. The molecule has 0 radical (unpaired) electrons. The van der Waals surface area contributed by atoms with Crippen LogP contribution in [0.1, 0.15) is 24.3 Å². The Morgan fingerprint density at radius 2 is 2.06 bits per heavy atom. The Morgan fingerprint density at radius 1 is 1.38 bits per heavy atom. The van der Waals surface area contributed by atoms with E-state index in [-0.39, 0.29) is 0 Å². The van der Waals surface area contributed by atoms with Gasteiger partial charge >= 0.3 is 0 Å². The molecule has 0 heterocycles. The molecule has 0 aliphatic heterocycles. The molecule has 5 heteroatoms. The van der Waals surface area contributed by atoms with Gasteiger partial charge in [-0.05, 0) is 36.5 Å². The van der Waals surface area contributed by atoms with Crippen LogP contribution in [0.5, 0.6) is 5.75 Å². The number of nitrogens with one attached hydrogen (secondary N) is 1. The number of benzene rings is 1. The molecule has 1 fully saturated rings. The topological polar surface area (TPSA) is 55.4 Å². The van der Waals surface area contributed by atoms with Crippen LogP contribution >= 0.6 is 0 Å². The van der Waals surface area contributed by atoms with Gasteiger partial charge in [0.2, 0.25) is 10.0 Å². The van der Waals surface area contributed by atoms with Gasteiger partial charge in [-0.2, -0.15) is 0 Å². The lowest BCUT2D eigenvalue weighted by Gasteiger charge is -2.11. The Balaban J connectivity index is 2.30. The Morgan fingerprint density at radius 3 is 2.56 bits per heavy atom. The van der Waals surface area contributed by atoms with Crippen LogP contribution < -0.4 is 9.46 Å². The first-order chi connectivity index (χ1) is 7.49. The molecule has 2 rings (SSSR count). The molecule has 1 N–H and O–H groups in total. The van der Waals surface area contributed by atoms with E-state index >= 15 is 0 Å². The molecule has 0 atom stereocenters. The zero-order valence-electron chi connectivity index (χ0n) is 9.36. The number of anilines is 1. The lowest BCUT2D eigenvalue weighted by atomic mass is 10.1. The van der Waals surface area contributed by atoms with Crippen molar-refractivity contribution >= 4 is 15.7 Å². The normalized spacial score (nSPS) is 15.9. The summed E-state index contributed by atoms with van der Waals surface area (Å²) in [6, 6.07) is 5.62. The van der Waals surface area contributed by atoms with Gasteiger partial charge in [0.05, 0.1) is 19.1 Å². The van der Waals surface area contributed by atoms with Crippen molar-refractivity contribution in [3.05, 3.63) is 23.8 Å². The molecule has 0 saturated heterocycles. The highest BCUT2D eigenvalue weighted by Crippen LogP contribution is 2.42. The highest BCUT2D eigenvalue weighted by atomic mass is 32.2. The lowest BCUT2D eigenvalue weighted by molar-refractivity contribution is 0.416. The van der Waals surface area contributed by atoms with Crippen molar-refractivity contribution in [3.63, 3.8) is 0 Å². The minimum Gasteiger partial charge on any atom is -0.495 e. The standard InChI is InChI=1S/C11H15NO3S/c1-15-11-7-9(8-3-4-8)5-6-10(11)12-16(2,13)14/h5-8,12H,3-4H2,1-2H3. The predicted octanol–water partition coefficient (Wildman–Crippen LogP) is 1.94. The fraction of sp³-hybridized carbons (Fsp3) is 0.455.